The molecule has 1 aliphatic carbocycles. The van der Waals surface area contributed by atoms with E-state index in [-0.39, 0.29) is 29.0 Å². The number of halogens is 2. The number of allylic oxidation sites excluding steroid dienone is 1. The van der Waals surface area contributed by atoms with Gasteiger partial charge >= 0.3 is 132 Å². The molecule has 23 heavy (non-hydrogen) atoms. The second kappa shape index (κ2) is 8.22. The third-order valence-electron chi connectivity index (χ3n) is 4.21. The summed E-state index contributed by atoms with van der Waals surface area (Å²) in [6.07, 6.45) is 5.22. The molecule has 0 radical (unpaired) electrons. The Hall–Kier alpha value is 0.448. The number of benzene rings is 1. The van der Waals surface area contributed by atoms with Crippen LogP contribution in [0.3, 0.4) is 0 Å². The number of fused-ring (bicyclic) bond motifs is 1. The van der Waals surface area contributed by atoms with Crippen molar-refractivity contribution in [3.8, 4) is 0 Å². The second-order valence-electron chi connectivity index (χ2n) is 7.79. The molecule has 1 aliphatic rings. The zero-order valence-electron chi connectivity index (χ0n) is 14.5. The average Bonchev–Trinajstić information content (AvgIpc) is 2.78. The fraction of sp³-hybridized carbons (Fsp3) is 0.500. The summed E-state index contributed by atoms with van der Waals surface area (Å²) in [7, 11) is 0.339. The first-order chi connectivity index (χ1) is 9.57. The van der Waals surface area contributed by atoms with E-state index in [0.29, 0.717) is 0 Å². The Labute approximate surface area is 156 Å². The monoisotopic (exact) mass is 427 g/mol. The average molecular weight is 428 g/mol. The van der Waals surface area contributed by atoms with Crippen LogP contribution >= 0.6 is 24.8 Å². The molecule has 2 nitrogen and oxygen atoms in total. The van der Waals surface area contributed by atoms with Gasteiger partial charge < -0.3 is 0 Å². The molecule has 2 rings (SSSR count). The molecule has 131 valence electrons. The first-order valence-corrected chi connectivity index (χ1v) is 19.4. The third-order valence-corrected chi connectivity index (χ3v) is 14.7. The molecule has 1 atom stereocenters. The van der Waals surface area contributed by atoms with E-state index >= 15 is 0 Å². The first kappa shape index (κ1) is 23.4. The Morgan fingerprint density at radius 2 is 1.83 bits per heavy atom. The van der Waals surface area contributed by atoms with Gasteiger partial charge in [-0.25, -0.2) is 0 Å². The fourth-order valence-electron chi connectivity index (χ4n) is 3.04. The van der Waals surface area contributed by atoms with E-state index in [1.165, 1.54) is 11.1 Å². The Morgan fingerprint density at radius 3 is 2.43 bits per heavy atom. The summed E-state index contributed by atoms with van der Waals surface area (Å²) in [5, 5.41) is 2.06. The van der Waals surface area contributed by atoms with Crippen LogP contribution in [0.2, 0.25) is 29.6 Å². The van der Waals surface area contributed by atoms with Gasteiger partial charge in [0.15, 0.2) is 0 Å². The minimum atomic E-state index is -3.72. The van der Waals surface area contributed by atoms with Crippen LogP contribution in [0.15, 0.2) is 30.3 Å². The van der Waals surface area contributed by atoms with Crippen LogP contribution in [0.1, 0.15) is 21.8 Å². The van der Waals surface area contributed by atoms with Crippen molar-refractivity contribution in [1.82, 2.24) is 0 Å². The van der Waals surface area contributed by atoms with Crippen molar-refractivity contribution in [1.29, 1.82) is 0 Å². The van der Waals surface area contributed by atoms with Gasteiger partial charge in [0.2, 0.25) is 0 Å². The van der Waals surface area contributed by atoms with E-state index in [2.05, 4.69) is 55.2 Å². The molecule has 0 aliphatic heterocycles. The van der Waals surface area contributed by atoms with Crippen LogP contribution in [0.25, 0.3) is 6.08 Å². The van der Waals surface area contributed by atoms with Gasteiger partial charge in [-0.05, 0) is 0 Å². The number of hydrogen-bond donors (Lipinski definition) is 0. The van der Waals surface area contributed by atoms with Crippen LogP contribution in [0.5, 0.6) is 0 Å². The Bertz CT molecular complexity index is 690. The maximum absolute atomic E-state index is 13.7. The molecule has 0 heterocycles. The zero-order chi connectivity index (χ0) is 15.8. The fourth-order valence-corrected chi connectivity index (χ4v) is 11.3. The molecule has 0 saturated heterocycles. The predicted molar refractivity (Wildman–Crippen MR) is 107 cm³/mol. The summed E-state index contributed by atoms with van der Waals surface area (Å²) in [6.45, 7) is 7.35. The maximum atomic E-state index is 13.7. The zero-order valence-corrected chi connectivity index (χ0v) is 20.1. The smallest absolute Gasteiger partial charge is 0.147 e. The van der Waals surface area contributed by atoms with E-state index in [0.717, 1.165) is 17.8 Å². The van der Waals surface area contributed by atoms with Gasteiger partial charge in [-0.2, -0.15) is 0 Å². The van der Waals surface area contributed by atoms with Gasteiger partial charge in [-0.15, -0.1) is 24.8 Å². The summed E-state index contributed by atoms with van der Waals surface area (Å²) in [4.78, 5) is 0. The largest absolute Gasteiger partial charge is 0.147 e. The maximum Gasteiger partial charge on any atom is -0.147 e. The van der Waals surface area contributed by atoms with E-state index < -0.39 is 22.3 Å². The van der Waals surface area contributed by atoms with Crippen molar-refractivity contribution < 1.29 is 21.8 Å². The van der Waals surface area contributed by atoms with Gasteiger partial charge in [0.25, 0.3) is 0 Å². The first-order valence-electron chi connectivity index (χ1n) is 7.76. The summed E-state index contributed by atoms with van der Waals surface area (Å²) in [6, 6.07) is 8.36. The van der Waals surface area contributed by atoms with Crippen molar-refractivity contribution >= 4 is 46.8 Å². The van der Waals surface area contributed by atoms with Crippen LogP contribution in [0.4, 0.5) is 0 Å². The normalized spacial score (nSPS) is 17.2. The van der Waals surface area contributed by atoms with Crippen LogP contribution < -0.4 is 0 Å². The van der Waals surface area contributed by atoms with Gasteiger partial charge in [-0.1, -0.05) is 0 Å². The molecule has 7 heteroatoms. The minimum Gasteiger partial charge on any atom is -0.147 e. The minimum absolute atomic E-state index is 0. The molecule has 0 bridgehead atoms. The van der Waals surface area contributed by atoms with Gasteiger partial charge in [0.1, 0.15) is 0 Å². The quantitative estimate of drug-likeness (QED) is 0.477. The van der Waals surface area contributed by atoms with Crippen LogP contribution in [-0.4, -0.2) is 22.6 Å². The second-order valence-corrected chi connectivity index (χ2v) is 29.0. The SMILES string of the molecule is C[Si](C)(C)OCC[CH2][Ti]([CH3])(=[O])(=[SiH2])[CH]1C=Cc2ccccc21.Cl.Cl. The molecule has 0 amide bonds. The Kier molecular flexibility index (Phi) is 8.38. The van der Waals surface area contributed by atoms with E-state index in [1.807, 2.05) is 6.07 Å². The third kappa shape index (κ3) is 6.35. The molecular weight excluding hydrogens is 399 g/mol. The standard InChI is InChI=1S/C9H7.C6H15OSi.CH3.2ClH.O.H2Si.Ti/c1-2-5-9-7-3-6-8(9)4-1;1-5-6-7-8(2,3)4;;;;;;/h1-7H;1,5-6H2,2-4H3;1H3;2*1H;;1H2;. The molecule has 0 spiro atoms. The van der Waals surface area contributed by atoms with Gasteiger partial charge in [0.05, 0.1) is 0 Å². The number of rotatable bonds is 6. The van der Waals surface area contributed by atoms with E-state index in [1.54, 1.807) is 7.63 Å². The predicted octanol–water partition coefficient (Wildman–Crippen LogP) is 4.89. The molecule has 0 aromatic heterocycles. The van der Waals surface area contributed by atoms with Gasteiger partial charge in [-0.3, -0.25) is 0 Å². The van der Waals surface area contributed by atoms with Crippen molar-refractivity contribution in [2.45, 2.75) is 40.2 Å². The van der Waals surface area contributed by atoms with Crippen molar-refractivity contribution in [3.63, 3.8) is 0 Å². The van der Waals surface area contributed by atoms with E-state index in [9.17, 15) is 3.32 Å². The molecule has 1 unspecified atom stereocenters. The molecular formula is C16H29Cl2O2Si2Ti. The van der Waals surface area contributed by atoms with Crippen molar-refractivity contribution in [2.24, 2.45) is 0 Å². The molecule has 1 aromatic rings. The van der Waals surface area contributed by atoms with Crippen LogP contribution in [0, 0.1) is 0 Å². The molecule has 0 N–H and O–H groups in total. The Morgan fingerprint density at radius 1 is 1.22 bits per heavy atom. The molecule has 0 saturated carbocycles. The topological polar surface area (TPSA) is 26.3 Å². The van der Waals surface area contributed by atoms with Crippen molar-refractivity contribution in [2.75, 3.05) is 6.61 Å². The summed E-state index contributed by atoms with van der Waals surface area (Å²) in [5.74, 6) is 0. The molecule has 1 aromatic carbocycles. The van der Waals surface area contributed by atoms with Gasteiger partial charge in [0, 0.05) is 0 Å². The van der Waals surface area contributed by atoms with E-state index in [4.69, 9.17) is 4.43 Å². The summed E-state index contributed by atoms with van der Waals surface area (Å²) in [5.41, 5.74) is 2.49. The molecule has 0 fully saturated rings. The summed E-state index contributed by atoms with van der Waals surface area (Å²) < 4.78 is 20.6. The Balaban J connectivity index is 0.00000242. The summed E-state index contributed by atoms with van der Waals surface area (Å²) >= 11 is -3.72. The van der Waals surface area contributed by atoms with Crippen LogP contribution in [-0.2, 0) is 21.8 Å². The van der Waals surface area contributed by atoms with Crippen molar-refractivity contribution in [3.05, 3.63) is 41.5 Å². The number of hydrogen-bond acceptors (Lipinski definition) is 2.